The standard InChI is InChI=1S/C7H16N2/c1-4-6(2)7(3)9-5-8/h5-7H,4H2,1-3H3,(H2,8,9)/t6-,7?/m1/s1. The highest BCUT2D eigenvalue weighted by Gasteiger charge is 2.05. The lowest BCUT2D eigenvalue weighted by atomic mass is 10.0. The van der Waals surface area contributed by atoms with Crippen molar-refractivity contribution in [3.8, 4) is 0 Å². The predicted molar refractivity (Wildman–Crippen MR) is 41.6 cm³/mol. The molecule has 0 bridgehead atoms. The van der Waals surface area contributed by atoms with Gasteiger partial charge < -0.3 is 5.73 Å². The average molecular weight is 128 g/mol. The normalized spacial score (nSPS) is 18.1. The van der Waals surface area contributed by atoms with Crippen molar-refractivity contribution in [1.29, 1.82) is 0 Å². The van der Waals surface area contributed by atoms with Crippen molar-refractivity contribution in [3.05, 3.63) is 0 Å². The van der Waals surface area contributed by atoms with Crippen LogP contribution in [0.2, 0.25) is 0 Å². The highest BCUT2D eigenvalue weighted by Crippen LogP contribution is 2.08. The van der Waals surface area contributed by atoms with Crippen molar-refractivity contribution < 1.29 is 0 Å². The summed E-state index contributed by atoms with van der Waals surface area (Å²) in [6.07, 6.45) is 2.55. The van der Waals surface area contributed by atoms with Gasteiger partial charge in [-0.1, -0.05) is 20.3 Å². The van der Waals surface area contributed by atoms with Gasteiger partial charge in [-0.3, -0.25) is 4.99 Å². The van der Waals surface area contributed by atoms with Crippen molar-refractivity contribution in [1.82, 2.24) is 0 Å². The zero-order valence-corrected chi connectivity index (χ0v) is 6.46. The van der Waals surface area contributed by atoms with Crippen LogP contribution in [0.5, 0.6) is 0 Å². The zero-order valence-electron chi connectivity index (χ0n) is 6.46. The van der Waals surface area contributed by atoms with Gasteiger partial charge in [-0.15, -0.1) is 0 Å². The summed E-state index contributed by atoms with van der Waals surface area (Å²) < 4.78 is 0. The Morgan fingerprint density at radius 3 is 2.44 bits per heavy atom. The maximum absolute atomic E-state index is 5.13. The van der Waals surface area contributed by atoms with Gasteiger partial charge in [-0.2, -0.15) is 0 Å². The minimum absolute atomic E-state index is 0.375. The van der Waals surface area contributed by atoms with Crippen LogP contribution in [0.25, 0.3) is 0 Å². The molecule has 2 atom stereocenters. The number of hydrogen-bond donors (Lipinski definition) is 1. The first-order valence-electron chi connectivity index (χ1n) is 3.45. The quantitative estimate of drug-likeness (QED) is 0.453. The van der Waals surface area contributed by atoms with E-state index in [2.05, 4.69) is 25.8 Å². The summed E-state index contributed by atoms with van der Waals surface area (Å²) in [5, 5.41) is 0. The molecule has 2 N–H and O–H groups in total. The van der Waals surface area contributed by atoms with E-state index in [-0.39, 0.29) is 0 Å². The van der Waals surface area contributed by atoms with Crippen LogP contribution in [-0.2, 0) is 0 Å². The molecule has 9 heavy (non-hydrogen) atoms. The van der Waals surface area contributed by atoms with Crippen molar-refractivity contribution in [3.63, 3.8) is 0 Å². The lowest BCUT2D eigenvalue weighted by molar-refractivity contribution is 0.473. The summed E-state index contributed by atoms with van der Waals surface area (Å²) in [6.45, 7) is 6.42. The second-order valence-corrected chi connectivity index (χ2v) is 2.42. The molecule has 0 amide bonds. The van der Waals surface area contributed by atoms with Crippen molar-refractivity contribution in [2.75, 3.05) is 0 Å². The number of nitrogens with two attached hydrogens (primary N) is 1. The SMILES string of the molecule is CC[C@@H](C)C(C)N=CN. The van der Waals surface area contributed by atoms with E-state index in [1.165, 1.54) is 12.8 Å². The van der Waals surface area contributed by atoms with E-state index in [1.54, 1.807) is 0 Å². The highest BCUT2D eigenvalue weighted by atomic mass is 14.8. The molecule has 0 rings (SSSR count). The smallest absolute Gasteiger partial charge is 0.0801 e. The fourth-order valence-corrected chi connectivity index (χ4v) is 0.624. The van der Waals surface area contributed by atoms with Gasteiger partial charge in [0.2, 0.25) is 0 Å². The summed E-state index contributed by atoms with van der Waals surface area (Å²) in [7, 11) is 0. The Hall–Kier alpha value is -0.530. The molecule has 0 aromatic rings. The Morgan fingerprint density at radius 2 is 2.11 bits per heavy atom. The molecule has 0 aromatic carbocycles. The predicted octanol–water partition coefficient (Wildman–Crippen LogP) is 1.41. The molecular formula is C7H16N2. The Labute approximate surface area is 57.2 Å². The third kappa shape index (κ3) is 3.12. The van der Waals surface area contributed by atoms with E-state index >= 15 is 0 Å². The maximum Gasteiger partial charge on any atom is 0.0801 e. The summed E-state index contributed by atoms with van der Waals surface area (Å²) in [5.41, 5.74) is 5.13. The van der Waals surface area contributed by atoms with Crippen molar-refractivity contribution in [2.45, 2.75) is 33.2 Å². The third-order valence-corrected chi connectivity index (χ3v) is 1.79. The zero-order chi connectivity index (χ0) is 7.28. The maximum atomic E-state index is 5.13. The Morgan fingerprint density at radius 1 is 1.56 bits per heavy atom. The second kappa shape index (κ2) is 4.36. The summed E-state index contributed by atoms with van der Waals surface area (Å²) in [6, 6.07) is 0.375. The fraction of sp³-hybridized carbons (Fsp3) is 0.857. The second-order valence-electron chi connectivity index (χ2n) is 2.42. The molecule has 1 unspecified atom stereocenters. The summed E-state index contributed by atoms with van der Waals surface area (Å²) in [5.74, 6) is 0.643. The fourth-order valence-electron chi connectivity index (χ4n) is 0.624. The average Bonchev–Trinajstić information content (AvgIpc) is 1.87. The lowest BCUT2D eigenvalue weighted by Crippen LogP contribution is -2.11. The van der Waals surface area contributed by atoms with E-state index in [0.717, 1.165) is 0 Å². The molecule has 0 fully saturated rings. The molecule has 0 spiro atoms. The van der Waals surface area contributed by atoms with Gasteiger partial charge in [-0.25, -0.2) is 0 Å². The van der Waals surface area contributed by atoms with E-state index in [4.69, 9.17) is 5.73 Å². The highest BCUT2D eigenvalue weighted by molar-refractivity contribution is 5.51. The molecule has 0 saturated heterocycles. The monoisotopic (exact) mass is 128 g/mol. The lowest BCUT2D eigenvalue weighted by Gasteiger charge is -2.11. The largest absolute Gasteiger partial charge is 0.390 e. The van der Waals surface area contributed by atoms with Crippen LogP contribution in [0.1, 0.15) is 27.2 Å². The van der Waals surface area contributed by atoms with Crippen LogP contribution in [0.15, 0.2) is 4.99 Å². The number of nitrogens with zero attached hydrogens (tertiary/aromatic N) is 1. The van der Waals surface area contributed by atoms with Crippen molar-refractivity contribution in [2.24, 2.45) is 16.6 Å². The third-order valence-electron chi connectivity index (χ3n) is 1.79. The van der Waals surface area contributed by atoms with Crippen LogP contribution >= 0.6 is 0 Å². The van der Waals surface area contributed by atoms with E-state index in [9.17, 15) is 0 Å². The van der Waals surface area contributed by atoms with Gasteiger partial charge >= 0.3 is 0 Å². The molecule has 0 aliphatic heterocycles. The molecule has 0 aromatic heterocycles. The number of aliphatic imine (C=N–C) groups is 1. The topological polar surface area (TPSA) is 38.4 Å². The molecule has 0 aliphatic rings. The van der Waals surface area contributed by atoms with Gasteiger partial charge in [0.05, 0.1) is 12.4 Å². The van der Waals surface area contributed by atoms with Crippen LogP contribution < -0.4 is 5.73 Å². The van der Waals surface area contributed by atoms with Crippen LogP contribution in [0.4, 0.5) is 0 Å². The molecule has 0 saturated carbocycles. The molecule has 2 nitrogen and oxygen atoms in total. The number of rotatable bonds is 3. The van der Waals surface area contributed by atoms with Gasteiger partial charge in [0, 0.05) is 0 Å². The first-order valence-corrected chi connectivity index (χ1v) is 3.45. The molecule has 0 radical (unpaired) electrons. The Balaban J connectivity index is 3.58. The molecule has 0 aliphatic carbocycles. The molecule has 2 heteroatoms. The number of hydrogen-bond acceptors (Lipinski definition) is 1. The van der Waals surface area contributed by atoms with Crippen LogP contribution in [-0.4, -0.2) is 12.4 Å². The minimum atomic E-state index is 0.375. The van der Waals surface area contributed by atoms with Gasteiger partial charge in [0.1, 0.15) is 0 Å². The molecule has 54 valence electrons. The first kappa shape index (κ1) is 8.47. The van der Waals surface area contributed by atoms with Gasteiger partial charge in [0.15, 0.2) is 0 Å². The van der Waals surface area contributed by atoms with E-state index in [0.29, 0.717) is 12.0 Å². The molecule has 0 heterocycles. The summed E-state index contributed by atoms with van der Waals surface area (Å²) >= 11 is 0. The molecular weight excluding hydrogens is 112 g/mol. The van der Waals surface area contributed by atoms with Gasteiger partial charge in [0.25, 0.3) is 0 Å². The first-order chi connectivity index (χ1) is 4.22. The minimum Gasteiger partial charge on any atom is -0.390 e. The van der Waals surface area contributed by atoms with E-state index < -0.39 is 0 Å². The van der Waals surface area contributed by atoms with Crippen LogP contribution in [0, 0.1) is 5.92 Å². The van der Waals surface area contributed by atoms with Crippen LogP contribution in [0.3, 0.4) is 0 Å². The Kier molecular flexibility index (Phi) is 4.10. The van der Waals surface area contributed by atoms with Crippen molar-refractivity contribution >= 4 is 6.34 Å². The van der Waals surface area contributed by atoms with E-state index in [1.807, 2.05) is 0 Å². The Bertz CT molecular complexity index is 88.9. The van der Waals surface area contributed by atoms with Gasteiger partial charge in [-0.05, 0) is 12.8 Å². The summed E-state index contributed by atoms with van der Waals surface area (Å²) in [4.78, 5) is 4.05.